The standard InChI is InChI=1S/C16H13Cl2NO2/c1-10(20)11-3-6-14(7-4-11)19-16(21)8-12-2-5-13(17)9-15(12)18/h2-7,9H,8H2,1H3,(H,19,21). The number of hydrogen-bond acceptors (Lipinski definition) is 2. The van der Waals surface area contributed by atoms with Crippen LogP contribution in [-0.2, 0) is 11.2 Å². The van der Waals surface area contributed by atoms with Gasteiger partial charge < -0.3 is 5.32 Å². The molecule has 0 saturated heterocycles. The normalized spacial score (nSPS) is 10.2. The van der Waals surface area contributed by atoms with Crippen molar-refractivity contribution in [1.29, 1.82) is 0 Å². The smallest absolute Gasteiger partial charge is 0.228 e. The Hall–Kier alpha value is -1.84. The van der Waals surface area contributed by atoms with Crippen molar-refractivity contribution < 1.29 is 9.59 Å². The zero-order chi connectivity index (χ0) is 15.4. The molecule has 5 heteroatoms. The molecule has 3 nitrogen and oxygen atoms in total. The van der Waals surface area contributed by atoms with Crippen molar-refractivity contribution in [2.24, 2.45) is 0 Å². The first-order chi connectivity index (χ1) is 9.95. The number of anilines is 1. The van der Waals surface area contributed by atoms with Crippen LogP contribution in [0.5, 0.6) is 0 Å². The Bertz CT molecular complexity index is 681. The van der Waals surface area contributed by atoms with Gasteiger partial charge in [-0.1, -0.05) is 29.3 Å². The highest BCUT2D eigenvalue weighted by molar-refractivity contribution is 6.35. The lowest BCUT2D eigenvalue weighted by Crippen LogP contribution is -2.14. The minimum Gasteiger partial charge on any atom is -0.326 e. The number of hydrogen-bond donors (Lipinski definition) is 1. The highest BCUT2D eigenvalue weighted by Crippen LogP contribution is 2.21. The molecule has 0 bridgehead atoms. The van der Waals surface area contributed by atoms with Crippen LogP contribution in [0.25, 0.3) is 0 Å². The molecule has 0 spiro atoms. The Labute approximate surface area is 132 Å². The van der Waals surface area contributed by atoms with Crippen LogP contribution < -0.4 is 5.32 Å². The third kappa shape index (κ3) is 4.31. The first-order valence-corrected chi connectivity index (χ1v) is 7.06. The van der Waals surface area contributed by atoms with E-state index in [0.29, 0.717) is 26.9 Å². The van der Waals surface area contributed by atoms with Crippen LogP contribution in [0.1, 0.15) is 22.8 Å². The van der Waals surface area contributed by atoms with E-state index in [4.69, 9.17) is 23.2 Å². The number of benzene rings is 2. The predicted molar refractivity (Wildman–Crippen MR) is 85.2 cm³/mol. The van der Waals surface area contributed by atoms with Gasteiger partial charge >= 0.3 is 0 Å². The Kier molecular flexibility index (Phi) is 4.99. The van der Waals surface area contributed by atoms with Crippen LogP contribution >= 0.6 is 23.2 Å². The summed E-state index contributed by atoms with van der Waals surface area (Å²) in [4.78, 5) is 23.1. The van der Waals surface area contributed by atoms with Crippen molar-refractivity contribution in [2.45, 2.75) is 13.3 Å². The largest absolute Gasteiger partial charge is 0.326 e. The zero-order valence-electron chi connectivity index (χ0n) is 11.3. The van der Waals surface area contributed by atoms with Crippen LogP contribution in [0, 0.1) is 0 Å². The van der Waals surface area contributed by atoms with Gasteiger partial charge in [-0.3, -0.25) is 9.59 Å². The van der Waals surface area contributed by atoms with Crippen LogP contribution in [-0.4, -0.2) is 11.7 Å². The summed E-state index contributed by atoms with van der Waals surface area (Å²) in [7, 11) is 0. The molecule has 2 aromatic rings. The molecule has 108 valence electrons. The minimum atomic E-state index is -0.185. The lowest BCUT2D eigenvalue weighted by atomic mass is 10.1. The number of nitrogens with one attached hydrogen (secondary N) is 1. The van der Waals surface area contributed by atoms with Gasteiger partial charge in [0.25, 0.3) is 0 Å². The van der Waals surface area contributed by atoms with Crippen molar-refractivity contribution in [3.63, 3.8) is 0 Å². The second kappa shape index (κ2) is 6.74. The third-order valence-electron chi connectivity index (χ3n) is 2.94. The maximum Gasteiger partial charge on any atom is 0.228 e. The van der Waals surface area contributed by atoms with Crippen molar-refractivity contribution >= 4 is 40.6 Å². The number of ketones is 1. The van der Waals surface area contributed by atoms with Gasteiger partial charge in [0.2, 0.25) is 5.91 Å². The summed E-state index contributed by atoms with van der Waals surface area (Å²) < 4.78 is 0. The van der Waals surface area contributed by atoms with E-state index in [2.05, 4.69) is 5.32 Å². The first-order valence-electron chi connectivity index (χ1n) is 6.30. The topological polar surface area (TPSA) is 46.2 Å². The molecule has 0 radical (unpaired) electrons. The van der Waals surface area contributed by atoms with E-state index < -0.39 is 0 Å². The Morgan fingerprint density at radius 2 is 1.71 bits per heavy atom. The molecule has 0 heterocycles. The number of rotatable bonds is 4. The van der Waals surface area contributed by atoms with E-state index >= 15 is 0 Å². The molecule has 21 heavy (non-hydrogen) atoms. The number of amides is 1. The fourth-order valence-corrected chi connectivity index (χ4v) is 2.31. The van der Waals surface area contributed by atoms with Gasteiger partial charge in [-0.05, 0) is 48.9 Å². The van der Waals surface area contributed by atoms with E-state index in [1.165, 1.54) is 6.92 Å². The number of Topliss-reactive ketones (excluding diaryl/α,β-unsaturated/α-hetero) is 1. The highest BCUT2D eigenvalue weighted by atomic mass is 35.5. The summed E-state index contributed by atoms with van der Waals surface area (Å²) in [6.45, 7) is 1.50. The van der Waals surface area contributed by atoms with Crippen molar-refractivity contribution in [2.75, 3.05) is 5.32 Å². The summed E-state index contributed by atoms with van der Waals surface area (Å²) in [5.74, 6) is -0.198. The molecule has 0 aliphatic carbocycles. The SMILES string of the molecule is CC(=O)c1ccc(NC(=O)Cc2ccc(Cl)cc2Cl)cc1. The fourth-order valence-electron chi connectivity index (χ4n) is 1.83. The zero-order valence-corrected chi connectivity index (χ0v) is 12.8. The van der Waals surface area contributed by atoms with E-state index in [-0.39, 0.29) is 18.1 Å². The number of carbonyl (C=O) groups is 2. The molecule has 0 fully saturated rings. The first kappa shape index (κ1) is 15.5. The maximum absolute atomic E-state index is 12.0. The van der Waals surface area contributed by atoms with Crippen LogP contribution in [0.4, 0.5) is 5.69 Å². The lowest BCUT2D eigenvalue weighted by molar-refractivity contribution is -0.115. The van der Waals surface area contributed by atoms with E-state index in [1.807, 2.05) is 0 Å². The number of carbonyl (C=O) groups excluding carboxylic acids is 2. The average Bonchev–Trinajstić information content (AvgIpc) is 2.42. The Morgan fingerprint density at radius 1 is 1.05 bits per heavy atom. The summed E-state index contributed by atoms with van der Waals surface area (Å²) in [5, 5.41) is 3.75. The summed E-state index contributed by atoms with van der Waals surface area (Å²) in [5.41, 5.74) is 1.95. The molecule has 1 N–H and O–H groups in total. The molecule has 0 saturated carbocycles. The molecule has 0 unspecified atom stereocenters. The lowest BCUT2D eigenvalue weighted by Gasteiger charge is -2.07. The molecule has 1 amide bonds. The van der Waals surface area contributed by atoms with Gasteiger partial charge in [-0.2, -0.15) is 0 Å². The Morgan fingerprint density at radius 3 is 2.29 bits per heavy atom. The van der Waals surface area contributed by atoms with E-state index in [0.717, 1.165) is 0 Å². The molecular weight excluding hydrogens is 309 g/mol. The predicted octanol–water partition coefficient (Wildman–Crippen LogP) is 4.38. The van der Waals surface area contributed by atoms with Gasteiger partial charge in [0.15, 0.2) is 5.78 Å². The van der Waals surface area contributed by atoms with E-state index in [1.54, 1.807) is 42.5 Å². The van der Waals surface area contributed by atoms with Gasteiger partial charge in [0, 0.05) is 21.3 Å². The van der Waals surface area contributed by atoms with Crippen LogP contribution in [0.15, 0.2) is 42.5 Å². The fraction of sp³-hybridized carbons (Fsp3) is 0.125. The van der Waals surface area contributed by atoms with Gasteiger partial charge in [-0.15, -0.1) is 0 Å². The quantitative estimate of drug-likeness (QED) is 0.849. The third-order valence-corrected chi connectivity index (χ3v) is 3.53. The monoisotopic (exact) mass is 321 g/mol. The maximum atomic E-state index is 12.0. The molecule has 0 aromatic heterocycles. The second-order valence-corrected chi connectivity index (χ2v) is 5.44. The van der Waals surface area contributed by atoms with Crippen molar-refractivity contribution in [3.05, 3.63) is 63.6 Å². The summed E-state index contributed by atoms with van der Waals surface area (Å²) >= 11 is 11.8. The number of halogens is 2. The van der Waals surface area contributed by atoms with E-state index in [9.17, 15) is 9.59 Å². The molecule has 0 aliphatic heterocycles. The van der Waals surface area contributed by atoms with Crippen molar-refractivity contribution in [3.8, 4) is 0 Å². The molecule has 0 aliphatic rings. The second-order valence-electron chi connectivity index (χ2n) is 4.59. The average molecular weight is 322 g/mol. The van der Waals surface area contributed by atoms with Crippen LogP contribution in [0.2, 0.25) is 10.0 Å². The minimum absolute atomic E-state index is 0.0131. The van der Waals surface area contributed by atoms with Crippen LogP contribution in [0.3, 0.4) is 0 Å². The Balaban J connectivity index is 2.02. The molecule has 2 rings (SSSR count). The molecular formula is C16H13Cl2NO2. The molecule has 0 atom stereocenters. The summed E-state index contributed by atoms with van der Waals surface area (Å²) in [6.07, 6.45) is 0.157. The summed E-state index contributed by atoms with van der Waals surface area (Å²) in [6, 6.07) is 11.8. The van der Waals surface area contributed by atoms with Gasteiger partial charge in [0.1, 0.15) is 0 Å². The van der Waals surface area contributed by atoms with Gasteiger partial charge in [-0.25, -0.2) is 0 Å². The van der Waals surface area contributed by atoms with Gasteiger partial charge in [0.05, 0.1) is 6.42 Å². The highest BCUT2D eigenvalue weighted by Gasteiger charge is 2.08. The van der Waals surface area contributed by atoms with Crippen molar-refractivity contribution in [1.82, 2.24) is 0 Å². The molecule has 2 aromatic carbocycles.